The van der Waals surface area contributed by atoms with E-state index in [2.05, 4.69) is 77.6 Å². The Balaban J connectivity index is 1.78. The van der Waals surface area contributed by atoms with Crippen molar-refractivity contribution in [3.8, 4) is 0 Å². The standard InChI is InChI=1S/C20H28BrN5/c1-13-10-16(21)11-14(2)19(13)24-18-12-17(15-6-7-15)23-20(25-18)22-8-5-9-26(3)4/h10-12,15H,5-9H2,1-4H3,(H2,22,23,24,25). The van der Waals surface area contributed by atoms with E-state index in [9.17, 15) is 0 Å². The Hall–Kier alpha value is -1.66. The predicted octanol–water partition coefficient (Wildman–Crippen LogP) is 4.84. The highest BCUT2D eigenvalue weighted by atomic mass is 79.9. The third-order valence-electron chi connectivity index (χ3n) is 4.56. The summed E-state index contributed by atoms with van der Waals surface area (Å²) in [5.41, 5.74) is 4.66. The number of benzene rings is 1. The highest BCUT2D eigenvalue weighted by Gasteiger charge is 2.26. The van der Waals surface area contributed by atoms with Gasteiger partial charge in [-0.3, -0.25) is 0 Å². The summed E-state index contributed by atoms with van der Waals surface area (Å²) in [4.78, 5) is 11.6. The Morgan fingerprint density at radius 1 is 1.12 bits per heavy atom. The molecule has 1 saturated carbocycles. The third-order valence-corrected chi connectivity index (χ3v) is 5.02. The monoisotopic (exact) mass is 417 g/mol. The van der Waals surface area contributed by atoms with Gasteiger partial charge in [-0.2, -0.15) is 4.98 Å². The van der Waals surface area contributed by atoms with Crippen LogP contribution in [0.5, 0.6) is 0 Å². The normalized spacial score (nSPS) is 13.9. The van der Waals surface area contributed by atoms with Crippen LogP contribution in [-0.2, 0) is 0 Å². The van der Waals surface area contributed by atoms with Crippen molar-refractivity contribution in [2.24, 2.45) is 0 Å². The Morgan fingerprint density at radius 3 is 2.42 bits per heavy atom. The lowest BCUT2D eigenvalue weighted by molar-refractivity contribution is 0.405. The van der Waals surface area contributed by atoms with Crippen LogP contribution in [0.4, 0.5) is 17.5 Å². The van der Waals surface area contributed by atoms with Gasteiger partial charge in [0.15, 0.2) is 0 Å². The number of nitrogens with zero attached hydrogens (tertiary/aromatic N) is 3. The molecule has 0 bridgehead atoms. The quantitative estimate of drug-likeness (QED) is 0.601. The second-order valence-corrected chi connectivity index (χ2v) is 8.31. The number of nitrogens with one attached hydrogen (secondary N) is 2. The summed E-state index contributed by atoms with van der Waals surface area (Å²) in [6.45, 7) is 6.16. The fourth-order valence-corrected chi connectivity index (χ4v) is 3.72. The van der Waals surface area contributed by atoms with Crippen LogP contribution in [-0.4, -0.2) is 42.1 Å². The molecular weight excluding hydrogens is 390 g/mol. The zero-order valence-electron chi connectivity index (χ0n) is 16.1. The first kappa shape index (κ1) is 19.1. The summed E-state index contributed by atoms with van der Waals surface area (Å²) >= 11 is 3.56. The molecule has 1 aromatic carbocycles. The summed E-state index contributed by atoms with van der Waals surface area (Å²) in [7, 11) is 4.18. The fourth-order valence-electron chi connectivity index (χ4n) is 3.03. The molecule has 26 heavy (non-hydrogen) atoms. The Kier molecular flexibility index (Phi) is 6.14. The van der Waals surface area contributed by atoms with Gasteiger partial charge in [0.25, 0.3) is 0 Å². The van der Waals surface area contributed by atoms with Gasteiger partial charge in [0.2, 0.25) is 5.95 Å². The molecule has 0 unspecified atom stereocenters. The van der Waals surface area contributed by atoms with Gasteiger partial charge in [-0.1, -0.05) is 15.9 Å². The van der Waals surface area contributed by atoms with Crippen LogP contribution >= 0.6 is 15.9 Å². The summed E-state index contributed by atoms with van der Waals surface area (Å²) in [5.74, 6) is 2.18. The molecule has 5 nitrogen and oxygen atoms in total. The fraction of sp³-hybridized carbons (Fsp3) is 0.500. The maximum atomic E-state index is 4.73. The summed E-state index contributed by atoms with van der Waals surface area (Å²) < 4.78 is 1.10. The van der Waals surface area contributed by atoms with E-state index in [1.807, 2.05) is 0 Å². The Labute approximate surface area is 164 Å². The molecule has 2 aromatic rings. The number of rotatable bonds is 8. The molecule has 1 aliphatic carbocycles. The Bertz CT molecular complexity index is 748. The first-order valence-corrected chi connectivity index (χ1v) is 10.0. The largest absolute Gasteiger partial charge is 0.354 e. The lowest BCUT2D eigenvalue weighted by atomic mass is 10.1. The lowest BCUT2D eigenvalue weighted by Crippen LogP contribution is -2.17. The van der Waals surface area contributed by atoms with E-state index in [0.717, 1.165) is 47.1 Å². The highest BCUT2D eigenvalue weighted by molar-refractivity contribution is 9.10. The highest BCUT2D eigenvalue weighted by Crippen LogP contribution is 2.40. The van der Waals surface area contributed by atoms with Crippen LogP contribution in [0.25, 0.3) is 0 Å². The van der Waals surface area contributed by atoms with E-state index in [4.69, 9.17) is 9.97 Å². The van der Waals surface area contributed by atoms with E-state index in [1.165, 1.54) is 24.0 Å². The van der Waals surface area contributed by atoms with Gasteiger partial charge in [0.1, 0.15) is 5.82 Å². The molecule has 1 aromatic heterocycles. The number of hydrogen-bond donors (Lipinski definition) is 2. The molecular formula is C20H28BrN5. The second kappa shape index (κ2) is 8.35. The first-order valence-electron chi connectivity index (χ1n) is 9.23. The molecule has 0 spiro atoms. The topological polar surface area (TPSA) is 53.1 Å². The molecule has 6 heteroatoms. The summed E-state index contributed by atoms with van der Waals surface area (Å²) in [6.07, 6.45) is 3.53. The van der Waals surface area contributed by atoms with Crippen LogP contribution in [0.2, 0.25) is 0 Å². The number of hydrogen-bond acceptors (Lipinski definition) is 5. The molecule has 0 atom stereocenters. The van der Waals surface area contributed by atoms with Crippen molar-refractivity contribution in [3.63, 3.8) is 0 Å². The van der Waals surface area contributed by atoms with Gasteiger partial charge in [-0.15, -0.1) is 0 Å². The van der Waals surface area contributed by atoms with Crippen molar-refractivity contribution in [2.75, 3.05) is 37.8 Å². The minimum atomic E-state index is 0.591. The summed E-state index contributed by atoms with van der Waals surface area (Å²) in [5, 5.41) is 6.91. The van der Waals surface area contributed by atoms with Crippen molar-refractivity contribution in [1.29, 1.82) is 0 Å². The van der Waals surface area contributed by atoms with Gasteiger partial charge < -0.3 is 15.5 Å². The SMILES string of the molecule is Cc1cc(Br)cc(C)c1Nc1cc(C2CC2)nc(NCCCN(C)C)n1. The van der Waals surface area contributed by atoms with Gasteiger partial charge in [0.05, 0.1) is 5.69 Å². The Morgan fingerprint density at radius 2 is 1.81 bits per heavy atom. The zero-order valence-corrected chi connectivity index (χ0v) is 17.7. The maximum Gasteiger partial charge on any atom is 0.224 e. The van der Waals surface area contributed by atoms with Gasteiger partial charge >= 0.3 is 0 Å². The molecule has 0 saturated heterocycles. The second-order valence-electron chi connectivity index (χ2n) is 7.40. The minimum Gasteiger partial charge on any atom is -0.354 e. The van der Waals surface area contributed by atoms with E-state index < -0.39 is 0 Å². The van der Waals surface area contributed by atoms with Crippen molar-refractivity contribution >= 4 is 33.4 Å². The van der Waals surface area contributed by atoms with Gasteiger partial charge in [0, 0.05) is 28.7 Å². The van der Waals surface area contributed by atoms with Crippen LogP contribution < -0.4 is 10.6 Å². The molecule has 1 heterocycles. The van der Waals surface area contributed by atoms with Gasteiger partial charge in [-0.05, 0) is 77.0 Å². The smallest absolute Gasteiger partial charge is 0.224 e. The molecule has 2 N–H and O–H groups in total. The van der Waals surface area contributed by atoms with Crippen molar-refractivity contribution < 1.29 is 0 Å². The average Bonchev–Trinajstić information content (AvgIpc) is 3.39. The van der Waals surface area contributed by atoms with Crippen LogP contribution in [0.15, 0.2) is 22.7 Å². The van der Waals surface area contributed by atoms with Crippen LogP contribution in [0.3, 0.4) is 0 Å². The maximum absolute atomic E-state index is 4.73. The zero-order chi connectivity index (χ0) is 18.7. The summed E-state index contributed by atoms with van der Waals surface area (Å²) in [6, 6.07) is 6.35. The van der Waals surface area contributed by atoms with Crippen molar-refractivity contribution in [1.82, 2.24) is 14.9 Å². The van der Waals surface area contributed by atoms with Crippen molar-refractivity contribution in [2.45, 2.75) is 39.0 Å². The molecule has 140 valence electrons. The molecule has 0 amide bonds. The van der Waals surface area contributed by atoms with E-state index >= 15 is 0 Å². The van der Waals surface area contributed by atoms with E-state index in [1.54, 1.807) is 0 Å². The number of aromatic nitrogens is 2. The predicted molar refractivity (Wildman–Crippen MR) is 113 cm³/mol. The van der Waals surface area contributed by atoms with Gasteiger partial charge in [-0.25, -0.2) is 4.98 Å². The van der Waals surface area contributed by atoms with Crippen LogP contribution in [0, 0.1) is 13.8 Å². The molecule has 1 fully saturated rings. The van der Waals surface area contributed by atoms with Crippen LogP contribution in [0.1, 0.15) is 42.0 Å². The number of aryl methyl sites for hydroxylation is 2. The molecule has 3 rings (SSSR count). The lowest BCUT2D eigenvalue weighted by Gasteiger charge is -2.15. The molecule has 0 aliphatic heterocycles. The number of anilines is 3. The number of halogens is 1. The minimum absolute atomic E-state index is 0.591. The van der Waals surface area contributed by atoms with E-state index in [0.29, 0.717) is 5.92 Å². The molecule has 1 aliphatic rings. The first-order chi connectivity index (χ1) is 12.4. The average molecular weight is 418 g/mol. The van der Waals surface area contributed by atoms with E-state index in [-0.39, 0.29) is 0 Å². The third kappa shape index (κ3) is 5.17. The molecule has 0 radical (unpaired) electrons. The van der Waals surface area contributed by atoms with Crippen molar-refractivity contribution in [3.05, 3.63) is 39.5 Å².